The van der Waals surface area contributed by atoms with Crippen LogP contribution in [0.2, 0.25) is 0 Å². The number of halogens is 3. The van der Waals surface area contributed by atoms with Crippen molar-refractivity contribution >= 4 is 5.97 Å². The Bertz CT molecular complexity index is 460. The first-order chi connectivity index (χ1) is 9.73. The Morgan fingerprint density at radius 2 is 1.90 bits per heavy atom. The van der Waals surface area contributed by atoms with Crippen molar-refractivity contribution in [2.75, 3.05) is 0 Å². The van der Waals surface area contributed by atoms with Crippen molar-refractivity contribution in [3.8, 4) is 5.75 Å². The summed E-state index contributed by atoms with van der Waals surface area (Å²) in [6.45, 7) is 3.98. The zero-order valence-corrected chi connectivity index (χ0v) is 11.8. The highest BCUT2D eigenvalue weighted by Gasteiger charge is 2.31. The van der Waals surface area contributed by atoms with Gasteiger partial charge in [0.05, 0.1) is 0 Å². The molecule has 1 rings (SSSR count). The van der Waals surface area contributed by atoms with Crippen LogP contribution in [0.4, 0.5) is 13.2 Å². The normalized spacial score (nSPS) is 14.5. The van der Waals surface area contributed by atoms with Gasteiger partial charge >= 0.3 is 12.3 Å². The van der Waals surface area contributed by atoms with E-state index in [2.05, 4.69) is 10.1 Å². The van der Waals surface area contributed by atoms with Crippen molar-refractivity contribution in [3.63, 3.8) is 0 Å². The zero-order chi connectivity index (χ0) is 16.0. The molecule has 0 unspecified atom stereocenters. The van der Waals surface area contributed by atoms with Gasteiger partial charge in [0.15, 0.2) is 0 Å². The lowest BCUT2D eigenvalue weighted by Crippen LogP contribution is -2.41. The molecule has 118 valence electrons. The van der Waals surface area contributed by atoms with Crippen LogP contribution in [0.1, 0.15) is 25.8 Å². The number of alkyl halides is 3. The lowest BCUT2D eigenvalue weighted by Gasteiger charge is -2.20. The number of rotatable bonds is 7. The van der Waals surface area contributed by atoms with E-state index >= 15 is 0 Å². The molecule has 0 spiro atoms. The molecule has 0 fully saturated rings. The molecule has 1 aromatic rings. The first kappa shape index (κ1) is 17.3. The van der Waals surface area contributed by atoms with Crippen molar-refractivity contribution in [1.82, 2.24) is 5.32 Å². The number of benzene rings is 1. The number of carboxylic acid groups (broad SMARTS) is 1. The average molecular weight is 305 g/mol. The molecule has 4 nitrogen and oxygen atoms in total. The molecule has 0 bridgehead atoms. The van der Waals surface area contributed by atoms with Crippen molar-refractivity contribution < 1.29 is 27.8 Å². The summed E-state index contributed by atoms with van der Waals surface area (Å²) in [5.41, 5.74) is 0.680. The van der Waals surface area contributed by atoms with Gasteiger partial charge in [0.2, 0.25) is 0 Å². The van der Waals surface area contributed by atoms with Gasteiger partial charge in [-0.25, -0.2) is 0 Å². The maximum absolute atomic E-state index is 12.0. The molecule has 0 amide bonds. The summed E-state index contributed by atoms with van der Waals surface area (Å²) < 4.78 is 39.8. The summed E-state index contributed by atoms with van der Waals surface area (Å²) >= 11 is 0. The third-order valence-corrected chi connectivity index (χ3v) is 3.16. The second kappa shape index (κ2) is 7.31. The van der Waals surface area contributed by atoms with Crippen LogP contribution >= 0.6 is 0 Å². The fourth-order valence-electron chi connectivity index (χ4n) is 1.80. The van der Waals surface area contributed by atoms with Gasteiger partial charge in [0.25, 0.3) is 0 Å². The van der Waals surface area contributed by atoms with E-state index in [0.29, 0.717) is 12.0 Å². The lowest BCUT2D eigenvalue weighted by molar-refractivity contribution is -0.274. The largest absolute Gasteiger partial charge is 0.573 e. The monoisotopic (exact) mass is 305 g/mol. The third kappa shape index (κ3) is 6.03. The van der Waals surface area contributed by atoms with Crippen LogP contribution < -0.4 is 10.1 Å². The molecular weight excluding hydrogens is 287 g/mol. The molecule has 0 aliphatic carbocycles. The molecule has 7 heteroatoms. The van der Waals surface area contributed by atoms with Crippen molar-refractivity contribution in [2.24, 2.45) is 5.92 Å². The Morgan fingerprint density at radius 1 is 1.33 bits per heavy atom. The molecule has 2 atom stereocenters. The van der Waals surface area contributed by atoms with Crippen LogP contribution in [-0.4, -0.2) is 23.5 Å². The Kier molecular flexibility index (Phi) is 6.02. The molecule has 21 heavy (non-hydrogen) atoms. The number of carboxylic acids is 1. The zero-order valence-electron chi connectivity index (χ0n) is 11.8. The number of hydrogen-bond acceptors (Lipinski definition) is 3. The Morgan fingerprint density at radius 3 is 2.33 bits per heavy atom. The number of ether oxygens (including phenoxy) is 1. The van der Waals surface area contributed by atoms with Gasteiger partial charge in [-0.1, -0.05) is 32.4 Å². The SMILES string of the molecule is CC[C@H](C)[C@H](NCc1ccc(OC(F)(F)F)cc1)C(=O)O. The van der Waals surface area contributed by atoms with E-state index in [1.54, 1.807) is 0 Å². The number of nitrogens with one attached hydrogen (secondary N) is 1. The average Bonchev–Trinajstić information content (AvgIpc) is 2.38. The molecule has 0 aliphatic rings. The highest BCUT2D eigenvalue weighted by molar-refractivity contribution is 5.73. The van der Waals surface area contributed by atoms with Gasteiger partial charge in [-0.05, 0) is 23.6 Å². The van der Waals surface area contributed by atoms with Crippen molar-refractivity contribution in [1.29, 1.82) is 0 Å². The topological polar surface area (TPSA) is 58.6 Å². The summed E-state index contributed by atoms with van der Waals surface area (Å²) in [4.78, 5) is 11.1. The molecule has 0 saturated carbocycles. The number of aliphatic carboxylic acids is 1. The van der Waals surface area contributed by atoms with Gasteiger partial charge in [-0.3, -0.25) is 4.79 Å². The molecule has 1 aromatic carbocycles. The van der Waals surface area contributed by atoms with E-state index in [1.165, 1.54) is 24.3 Å². The smallest absolute Gasteiger partial charge is 0.480 e. The minimum absolute atomic E-state index is 0.0460. The lowest BCUT2D eigenvalue weighted by atomic mass is 9.99. The fourth-order valence-corrected chi connectivity index (χ4v) is 1.80. The quantitative estimate of drug-likeness (QED) is 0.812. The molecule has 0 aliphatic heterocycles. The van der Waals surface area contributed by atoms with Gasteiger partial charge in [-0.2, -0.15) is 0 Å². The molecule has 0 saturated heterocycles. The standard InChI is InChI=1S/C14H18F3NO3/c1-3-9(2)12(13(19)20)18-8-10-4-6-11(7-5-10)21-14(15,16)17/h4-7,9,12,18H,3,8H2,1-2H3,(H,19,20)/t9-,12-/m0/s1. The molecule has 0 aromatic heterocycles. The molecule has 2 N–H and O–H groups in total. The van der Waals surface area contributed by atoms with E-state index in [-0.39, 0.29) is 18.2 Å². The second-order valence-electron chi connectivity index (χ2n) is 4.77. The maximum Gasteiger partial charge on any atom is 0.573 e. The molecular formula is C14H18F3NO3. The van der Waals surface area contributed by atoms with Crippen LogP contribution in [-0.2, 0) is 11.3 Å². The Labute approximate surface area is 120 Å². The minimum atomic E-state index is -4.72. The summed E-state index contributed by atoms with van der Waals surface area (Å²) in [5.74, 6) is -1.29. The van der Waals surface area contributed by atoms with Crippen LogP contribution in [0.3, 0.4) is 0 Å². The van der Waals surface area contributed by atoms with Gasteiger partial charge < -0.3 is 15.2 Å². The van der Waals surface area contributed by atoms with Gasteiger partial charge in [0.1, 0.15) is 11.8 Å². The van der Waals surface area contributed by atoms with Crippen LogP contribution in [0, 0.1) is 5.92 Å². The number of hydrogen-bond donors (Lipinski definition) is 2. The Balaban J connectivity index is 2.61. The number of carbonyl (C=O) groups is 1. The summed E-state index contributed by atoms with van der Waals surface area (Å²) in [6.07, 6.45) is -4.01. The summed E-state index contributed by atoms with van der Waals surface area (Å²) in [7, 11) is 0. The van der Waals surface area contributed by atoms with E-state index in [0.717, 1.165) is 0 Å². The van der Waals surface area contributed by atoms with Gasteiger partial charge in [-0.15, -0.1) is 13.2 Å². The predicted molar refractivity (Wildman–Crippen MR) is 70.8 cm³/mol. The van der Waals surface area contributed by atoms with Crippen LogP contribution in [0.15, 0.2) is 24.3 Å². The van der Waals surface area contributed by atoms with E-state index in [9.17, 15) is 18.0 Å². The Hall–Kier alpha value is -1.76. The second-order valence-corrected chi connectivity index (χ2v) is 4.77. The summed E-state index contributed by atoms with van der Waals surface area (Å²) in [5, 5.41) is 12.0. The maximum atomic E-state index is 12.0. The highest BCUT2D eigenvalue weighted by atomic mass is 19.4. The van der Waals surface area contributed by atoms with Crippen molar-refractivity contribution in [2.45, 2.75) is 39.2 Å². The van der Waals surface area contributed by atoms with E-state index in [4.69, 9.17) is 5.11 Å². The minimum Gasteiger partial charge on any atom is -0.480 e. The van der Waals surface area contributed by atoms with E-state index in [1.807, 2.05) is 13.8 Å². The fraction of sp³-hybridized carbons (Fsp3) is 0.500. The summed E-state index contributed by atoms with van der Waals surface area (Å²) in [6, 6.07) is 4.63. The molecule has 0 radical (unpaired) electrons. The van der Waals surface area contributed by atoms with Crippen LogP contribution in [0.25, 0.3) is 0 Å². The highest BCUT2D eigenvalue weighted by Crippen LogP contribution is 2.22. The third-order valence-electron chi connectivity index (χ3n) is 3.16. The van der Waals surface area contributed by atoms with Crippen molar-refractivity contribution in [3.05, 3.63) is 29.8 Å². The van der Waals surface area contributed by atoms with Gasteiger partial charge in [0, 0.05) is 6.54 Å². The predicted octanol–water partition coefficient (Wildman–Crippen LogP) is 3.17. The van der Waals surface area contributed by atoms with E-state index < -0.39 is 18.4 Å². The van der Waals surface area contributed by atoms with Crippen LogP contribution in [0.5, 0.6) is 5.75 Å². The molecule has 0 heterocycles. The first-order valence-electron chi connectivity index (χ1n) is 6.53. The first-order valence-corrected chi connectivity index (χ1v) is 6.53.